The standard InChI is InChI=1S/C13H14N2OS/c1-16-7-6-14-13-15-12-10-5-3-2-4-9(10)8-11(12)17-13/h2-5H,6-8H2,1H3,(H,14,15). The van der Waals surface area contributed by atoms with Crippen LogP contribution in [-0.2, 0) is 11.2 Å². The molecule has 0 atom stereocenters. The Morgan fingerprint density at radius 2 is 2.29 bits per heavy atom. The van der Waals surface area contributed by atoms with Crippen molar-refractivity contribution in [2.24, 2.45) is 0 Å². The van der Waals surface area contributed by atoms with Gasteiger partial charge in [0.25, 0.3) is 0 Å². The molecule has 3 rings (SSSR count). The second kappa shape index (κ2) is 4.47. The van der Waals surface area contributed by atoms with Gasteiger partial charge in [0.15, 0.2) is 5.13 Å². The lowest BCUT2D eigenvalue weighted by Crippen LogP contribution is -2.07. The maximum atomic E-state index is 5.01. The fraction of sp³-hybridized carbons (Fsp3) is 0.308. The Hall–Kier alpha value is -1.39. The largest absolute Gasteiger partial charge is 0.383 e. The summed E-state index contributed by atoms with van der Waals surface area (Å²) in [6.07, 6.45) is 1.02. The van der Waals surface area contributed by atoms with Gasteiger partial charge in [0.05, 0.1) is 12.3 Å². The van der Waals surface area contributed by atoms with Crippen molar-refractivity contribution in [2.75, 3.05) is 25.6 Å². The number of ether oxygens (including phenoxy) is 1. The Bertz CT molecular complexity index is 536. The smallest absolute Gasteiger partial charge is 0.183 e. The minimum absolute atomic E-state index is 0.709. The average Bonchev–Trinajstić information content (AvgIpc) is 2.86. The van der Waals surface area contributed by atoms with E-state index in [2.05, 4.69) is 34.6 Å². The summed E-state index contributed by atoms with van der Waals surface area (Å²) < 4.78 is 5.01. The van der Waals surface area contributed by atoms with Crippen molar-refractivity contribution in [2.45, 2.75) is 6.42 Å². The van der Waals surface area contributed by atoms with Crippen molar-refractivity contribution < 1.29 is 4.74 Å². The van der Waals surface area contributed by atoms with Crippen LogP contribution in [0.5, 0.6) is 0 Å². The van der Waals surface area contributed by atoms with E-state index in [1.807, 2.05) is 0 Å². The third kappa shape index (κ3) is 1.94. The fourth-order valence-electron chi connectivity index (χ4n) is 2.10. The molecule has 0 saturated carbocycles. The molecule has 0 unspecified atom stereocenters. The van der Waals surface area contributed by atoms with Crippen LogP contribution in [0.15, 0.2) is 24.3 Å². The van der Waals surface area contributed by atoms with Crippen molar-refractivity contribution in [1.82, 2.24) is 4.98 Å². The highest BCUT2D eigenvalue weighted by Gasteiger charge is 2.22. The first kappa shape index (κ1) is 10.7. The van der Waals surface area contributed by atoms with Crippen molar-refractivity contribution in [1.29, 1.82) is 0 Å². The zero-order valence-corrected chi connectivity index (χ0v) is 10.5. The van der Waals surface area contributed by atoms with Crippen LogP contribution < -0.4 is 5.32 Å². The van der Waals surface area contributed by atoms with E-state index < -0.39 is 0 Å². The lowest BCUT2D eigenvalue weighted by atomic mass is 10.1. The lowest BCUT2D eigenvalue weighted by Gasteiger charge is -2.01. The SMILES string of the molecule is COCCNc1nc2c(s1)Cc1ccccc1-2. The van der Waals surface area contributed by atoms with Crippen LogP contribution in [0.1, 0.15) is 10.4 Å². The van der Waals surface area contributed by atoms with Gasteiger partial charge in [0.1, 0.15) is 0 Å². The van der Waals surface area contributed by atoms with Gasteiger partial charge in [-0.3, -0.25) is 0 Å². The summed E-state index contributed by atoms with van der Waals surface area (Å²) in [5.41, 5.74) is 3.84. The Kier molecular flexibility index (Phi) is 2.82. The van der Waals surface area contributed by atoms with E-state index in [9.17, 15) is 0 Å². The Labute approximate surface area is 104 Å². The number of methoxy groups -OCH3 is 1. The maximum absolute atomic E-state index is 5.01. The second-order valence-electron chi connectivity index (χ2n) is 4.04. The molecule has 0 spiro atoms. The molecule has 0 saturated heterocycles. The molecule has 1 aliphatic carbocycles. The quantitative estimate of drug-likeness (QED) is 0.719. The second-order valence-corrected chi connectivity index (χ2v) is 5.13. The molecule has 1 heterocycles. The van der Waals surface area contributed by atoms with Crippen LogP contribution in [0, 0.1) is 0 Å². The predicted octanol–water partition coefficient (Wildman–Crippen LogP) is 2.77. The molecule has 3 nitrogen and oxygen atoms in total. The maximum Gasteiger partial charge on any atom is 0.183 e. The summed E-state index contributed by atoms with van der Waals surface area (Å²) in [7, 11) is 1.71. The molecule has 0 aliphatic heterocycles. The minimum Gasteiger partial charge on any atom is -0.383 e. The van der Waals surface area contributed by atoms with Crippen LogP contribution in [0.25, 0.3) is 11.3 Å². The Balaban J connectivity index is 1.83. The Morgan fingerprint density at radius 1 is 1.41 bits per heavy atom. The number of hydrogen-bond donors (Lipinski definition) is 1. The number of rotatable bonds is 4. The highest BCUT2D eigenvalue weighted by Crippen LogP contribution is 2.40. The number of benzene rings is 1. The number of hydrogen-bond acceptors (Lipinski definition) is 4. The van der Waals surface area contributed by atoms with Gasteiger partial charge in [-0.25, -0.2) is 4.98 Å². The first-order chi connectivity index (χ1) is 8.38. The van der Waals surface area contributed by atoms with E-state index in [0.29, 0.717) is 6.61 Å². The van der Waals surface area contributed by atoms with Gasteiger partial charge in [-0.1, -0.05) is 24.3 Å². The molecule has 0 fully saturated rings. The first-order valence-corrected chi connectivity index (χ1v) is 6.51. The summed E-state index contributed by atoms with van der Waals surface area (Å²) in [6, 6.07) is 8.50. The number of fused-ring (bicyclic) bond motifs is 3. The van der Waals surface area contributed by atoms with Crippen LogP contribution >= 0.6 is 11.3 Å². The molecule has 2 aromatic rings. The summed E-state index contributed by atoms with van der Waals surface area (Å²) in [5, 5.41) is 4.29. The molecule has 4 heteroatoms. The molecule has 88 valence electrons. The fourth-order valence-corrected chi connectivity index (χ4v) is 3.12. The predicted molar refractivity (Wildman–Crippen MR) is 70.7 cm³/mol. The average molecular weight is 246 g/mol. The van der Waals surface area contributed by atoms with Crippen LogP contribution in [0.4, 0.5) is 5.13 Å². The van der Waals surface area contributed by atoms with Gasteiger partial charge in [0.2, 0.25) is 0 Å². The van der Waals surface area contributed by atoms with Crippen LogP contribution in [0.2, 0.25) is 0 Å². The third-order valence-corrected chi connectivity index (χ3v) is 3.92. The monoisotopic (exact) mass is 246 g/mol. The van der Waals surface area contributed by atoms with E-state index in [-0.39, 0.29) is 0 Å². The molecule has 1 N–H and O–H groups in total. The van der Waals surface area contributed by atoms with E-state index in [1.165, 1.54) is 16.0 Å². The van der Waals surface area contributed by atoms with E-state index in [0.717, 1.165) is 23.8 Å². The van der Waals surface area contributed by atoms with Crippen LogP contribution in [-0.4, -0.2) is 25.2 Å². The van der Waals surface area contributed by atoms with Gasteiger partial charge in [-0.2, -0.15) is 0 Å². The van der Waals surface area contributed by atoms with E-state index in [4.69, 9.17) is 4.74 Å². The van der Waals surface area contributed by atoms with Gasteiger partial charge < -0.3 is 10.1 Å². The Morgan fingerprint density at radius 3 is 3.18 bits per heavy atom. The molecular weight excluding hydrogens is 232 g/mol. The molecule has 0 amide bonds. The van der Waals surface area contributed by atoms with E-state index >= 15 is 0 Å². The molecule has 1 aliphatic rings. The third-order valence-electron chi connectivity index (χ3n) is 2.90. The zero-order valence-electron chi connectivity index (χ0n) is 9.69. The van der Waals surface area contributed by atoms with Crippen LogP contribution in [0.3, 0.4) is 0 Å². The molecule has 17 heavy (non-hydrogen) atoms. The number of aromatic nitrogens is 1. The van der Waals surface area contributed by atoms with Crippen molar-refractivity contribution in [3.63, 3.8) is 0 Å². The number of anilines is 1. The number of thiazole rings is 1. The zero-order chi connectivity index (χ0) is 11.7. The number of nitrogens with one attached hydrogen (secondary N) is 1. The summed E-state index contributed by atoms with van der Waals surface area (Å²) in [5.74, 6) is 0. The van der Waals surface area contributed by atoms with Crippen molar-refractivity contribution >= 4 is 16.5 Å². The first-order valence-electron chi connectivity index (χ1n) is 5.69. The van der Waals surface area contributed by atoms with E-state index in [1.54, 1.807) is 18.4 Å². The minimum atomic E-state index is 0.709. The van der Waals surface area contributed by atoms with Crippen molar-refractivity contribution in [3.05, 3.63) is 34.7 Å². The normalized spacial score (nSPS) is 12.3. The molecule has 1 aromatic carbocycles. The van der Waals surface area contributed by atoms with Gasteiger partial charge >= 0.3 is 0 Å². The topological polar surface area (TPSA) is 34.1 Å². The molecule has 0 radical (unpaired) electrons. The summed E-state index contributed by atoms with van der Waals surface area (Å²) in [4.78, 5) is 6.02. The molecular formula is C13H14N2OS. The summed E-state index contributed by atoms with van der Waals surface area (Å²) in [6.45, 7) is 1.52. The summed E-state index contributed by atoms with van der Waals surface area (Å²) >= 11 is 1.75. The highest BCUT2D eigenvalue weighted by molar-refractivity contribution is 7.16. The molecule has 0 bridgehead atoms. The number of nitrogens with zero attached hydrogens (tertiary/aromatic N) is 1. The lowest BCUT2D eigenvalue weighted by molar-refractivity contribution is 0.211. The van der Waals surface area contributed by atoms with Gasteiger partial charge in [-0.05, 0) is 5.56 Å². The van der Waals surface area contributed by atoms with Gasteiger partial charge in [-0.15, -0.1) is 11.3 Å². The van der Waals surface area contributed by atoms with Crippen molar-refractivity contribution in [3.8, 4) is 11.3 Å². The van der Waals surface area contributed by atoms with Gasteiger partial charge in [0, 0.05) is 30.5 Å². The molecule has 1 aromatic heterocycles. The highest BCUT2D eigenvalue weighted by atomic mass is 32.1.